The Kier molecular flexibility index (Phi) is 5.47. The highest BCUT2D eigenvalue weighted by atomic mass is 19.4. The van der Waals surface area contributed by atoms with E-state index in [2.05, 4.69) is 5.32 Å². The summed E-state index contributed by atoms with van der Waals surface area (Å²) in [5, 5.41) is 3.41. The lowest BCUT2D eigenvalue weighted by Crippen LogP contribution is -2.45. The highest BCUT2D eigenvalue weighted by Gasteiger charge is 2.32. The van der Waals surface area contributed by atoms with Gasteiger partial charge in [-0.15, -0.1) is 0 Å². The maximum absolute atomic E-state index is 12.3. The minimum Gasteiger partial charge on any atom is -0.496 e. The van der Waals surface area contributed by atoms with Crippen LogP contribution in [0, 0.1) is 0 Å². The molecule has 1 fully saturated rings. The molecule has 1 aromatic rings. The predicted molar refractivity (Wildman–Crippen MR) is 75.4 cm³/mol. The van der Waals surface area contributed by atoms with Crippen molar-refractivity contribution < 1.29 is 17.9 Å². The average Bonchev–Trinajstić information content (AvgIpc) is 2.45. The lowest BCUT2D eigenvalue weighted by atomic mass is 10.0. The molecule has 0 atom stereocenters. The molecule has 0 spiro atoms. The summed E-state index contributed by atoms with van der Waals surface area (Å²) in [6.07, 6.45) is -2.62. The number of benzene rings is 1. The van der Waals surface area contributed by atoms with Gasteiger partial charge in [-0.2, -0.15) is 13.2 Å². The Bertz CT molecular complexity index is 443. The number of nitrogens with one attached hydrogen (secondary N) is 1. The van der Waals surface area contributed by atoms with Crippen molar-refractivity contribution in [2.75, 3.05) is 26.7 Å². The second kappa shape index (κ2) is 7.13. The molecule has 1 N–H and O–H groups in total. The molecule has 21 heavy (non-hydrogen) atoms. The van der Waals surface area contributed by atoms with Gasteiger partial charge in [0.2, 0.25) is 0 Å². The highest BCUT2D eigenvalue weighted by Crippen LogP contribution is 2.21. The molecular weight excluding hydrogens is 281 g/mol. The van der Waals surface area contributed by atoms with Crippen LogP contribution >= 0.6 is 0 Å². The number of para-hydroxylation sites is 1. The molecular formula is C15H21F3N2O. The molecule has 2 rings (SSSR count). The summed E-state index contributed by atoms with van der Waals surface area (Å²) in [5.74, 6) is 0.833. The summed E-state index contributed by atoms with van der Waals surface area (Å²) >= 11 is 0. The smallest absolute Gasteiger partial charge is 0.401 e. The third kappa shape index (κ3) is 5.21. The number of ether oxygens (including phenoxy) is 1. The molecule has 0 saturated carbocycles. The fraction of sp³-hybridized carbons (Fsp3) is 0.600. The first-order valence-corrected chi connectivity index (χ1v) is 7.12. The Labute approximate surface area is 123 Å². The fourth-order valence-corrected chi connectivity index (χ4v) is 2.65. The van der Waals surface area contributed by atoms with E-state index in [0.29, 0.717) is 19.6 Å². The molecule has 0 aromatic heterocycles. The van der Waals surface area contributed by atoms with Crippen molar-refractivity contribution in [1.82, 2.24) is 10.2 Å². The Morgan fingerprint density at radius 3 is 2.52 bits per heavy atom. The first kappa shape index (κ1) is 16.1. The van der Waals surface area contributed by atoms with Gasteiger partial charge < -0.3 is 10.1 Å². The molecule has 0 amide bonds. The maximum Gasteiger partial charge on any atom is 0.401 e. The van der Waals surface area contributed by atoms with Gasteiger partial charge in [0, 0.05) is 18.2 Å². The number of halogens is 3. The van der Waals surface area contributed by atoms with Gasteiger partial charge in [-0.05, 0) is 32.0 Å². The lowest BCUT2D eigenvalue weighted by molar-refractivity contribution is -0.148. The Hall–Kier alpha value is -1.27. The van der Waals surface area contributed by atoms with Gasteiger partial charge >= 0.3 is 6.18 Å². The van der Waals surface area contributed by atoms with Gasteiger partial charge in [0.1, 0.15) is 5.75 Å². The number of nitrogens with zero attached hydrogens (tertiary/aromatic N) is 1. The van der Waals surface area contributed by atoms with Crippen molar-refractivity contribution in [3.63, 3.8) is 0 Å². The first-order valence-electron chi connectivity index (χ1n) is 7.12. The molecule has 0 unspecified atom stereocenters. The topological polar surface area (TPSA) is 24.5 Å². The van der Waals surface area contributed by atoms with Crippen molar-refractivity contribution in [3.05, 3.63) is 29.8 Å². The van der Waals surface area contributed by atoms with E-state index in [1.807, 2.05) is 24.3 Å². The quantitative estimate of drug-likeness (QED) is 0.905. The van der Waals surface area contributed by atoms with Crippen LogP contribution in [0.15, 0.2) is 24.3 Å². The molecule has 0 bridgehead atoms. The minimum absolute atomic E-state index is 0.263. The van der Waals surface area contributed by atoms with Gasteiger partial charge in [0.15, 0.2) is 0 Å². The van der Waals surface area contributed by atoms with Crippen LogP contribution in [0.5, 0.6) is 5.75 Å². The zero-order chi connectivity index (χ0) is 15.3. The molecule has 3 nitrogen and oxygen atoms in total. The molecule has 1 saturated heterocycles. The van der Waals surface area contributed by atoms with E-state index in [0.717, 1.165) is 24.2 Å². The number of hydrogen-bond acceptors (Lipinski definition) is 3. The van der Waals surface area contributed by atoms with Crippen molar-refractivity contribution in [2.45, 2.75) is 31.6 Å². The van der Waals surface area contributed by atoms with Crippen molar-refractivity contribution in [2.24, 2.45) is 0 Å². The third-order valence-corrected chi connectivity index (χ3v) is 3.76. The number of rotatable bonds is 5. The molecule has 1 aromatic carbocycles. The van der Waals surface area contributed by atoms with E-state index >= 15 is 0 Å². The molecule has 1 heterocycles. The zero-order valence-electron chi connectivity index (χ0n) is 12.1. The van der Waals surface area contributed by atoms with E-state index in [-0.39, 0.29) is 6.04 Å². The zero-order valence-corrected chi connectivity index (χ0v) is 12.1. The highest BCUT2D eigenvalue weighted by molar-refractivity contribution is 5.33. The van der Waals surface area contributed by atoms with Crippen LogP contribution in [0.3, 0.4) is 0 Å². The summed E-state index contributed by atoms with van der Waals surface area (Å²) in [7, 11) is 1.63. The monoisotopic (exact) mass is 302 g/mol. The van der Waals surface area contributed by atoms with E-state index in [1.54, 1.807) is 7.11 Å². The summed E-state index contributed by atoms with van der Waals surface area (Å²) in [4.78, 5) is 1.47. The maximum atomic E-state index is 12.3. The van der Waals surface area contributed by atoms with Crippen LogP contribution < -0.4 is 10.1 Å². The van der Waals surface area contributed by atoms with E-state index in [4.69, 9.17) is 4.74 Å². The van der Waals surface area contributed by atoms with Gasteiger partial charge in [-0.25, -0.2) is 0 Å². The van der Waals surface area contributed by atoms with E-state index in [1.165, 1.54) is 4.90 Å². The second-order valence-electron chi connectivity index (χ2n) is 5.36. The number of hydrogen-bond donors (Lipinski definition) is 1. The van der Waals surface area contributed by atoms with Gasteiger partial charge in [0.25, 0.3) is 0 Å². The van der Waals surface area contributed by atoms with Gasteiger partial charge in [-0.1, -0.05) is 18.2 Å². The predicted octanol–water partition coefficient (Wildman–Crippen LogP) is 2.81. The molecule has 0 aliphatic carbocycles. The summed E-state index contributed by atoms with van der Waals surface area (Å²) in [5.41, 5.74) is 1.07. The Balaban J connectivity index is 1.76. The Morgan fingerprint density at radius 2 is 1.90 bits per heavy atom. The number of alkyl halides is 3. The second-order valence-corrected chi connectivity index (χ2v) is 5.36. The van der Waals surface area contributed by atoms with Gasteiger partial charge in [0.05, 0.1) is 13.7 Å². The molecule has 1 aliphatic rings. The van der Waals surface area contributed by atoms with Gasteiger partial charge in [-0.3, -0.25) is 4.90 Å². The van der Waals surface area contributed by atoms with Crippen LogP contribution in [0.1, 0.15) is 18.4 Å². The van der Waals surface area contributed by atoms with Crippen LogP contribution in [-0.4, -0.2) is 43.9 Å². The van der Waals surface area contributed by atoms with E-state index < -0.39 is 12.7 Å². The largest absolute Gasteiger partial charge is 0.496 e. The van der Waals surface area contributed by atoms with Crippen LogP contribution in [-0.2, 0) is 6.54 Å². The summed E-state index contributed by atoms with van der Waals surface area (Å²) in [6.45, 7) is 0.854. The SMILES string of the molecule is COc1ccccc1CNC1CCN(CC(F)(F)F)CC1. The number of likely N-dealkylation sites (tertiary alicyclic amines) is 1. The van der Waals surface area contributed by atoms with Crippen molar-refractivity contribution in [1.29, 1.82) is 0 Å². The molecule has 0 radical (unpaired) electrons. The summed E-state index contributed by atoms with van der Waals surface area (Å²) in [6, 6.07) is 8.02. The average molecular weight is 302 g/mol. The molecule has 6 heteroatoms. The standard InChI is InChI=1S/C15H21F3N2O/c1-21-14-5-3-2-4-12(14)10-19-13-6-8-20(9-7-13)11-15(16,17)18/h2-5,13,19H,6-11H2,1H3. The first-order chi connectivity index (χ1) is 9.98. The lowest BCUT2D eigenvalue weighted by Gasteiger charge is -2.32. The van der Waals surface area contributed by atoms with Crippen LogP contribution in [0.25, 0.3) is 0 Å². The molecule has 118 valence electrons. The number of piperidine rings is 1. The normalized spacial score (nSPS) is 17.9. The Morgan fingerprint density at radius 1 is 1.24 bits per heavy atom. The van der Waals surface area contributed by atoms with Crippen molar-refractivity contribution >= 4 is 0 Å². The van der Waals surface area contributed by atoms with Crippen LogP contribution in [0.2, 0.25) is 0 Å². The fourth-order valence-electron chi connectivity index (χ4n) is 2.65. The minimum atomic E-state index is -4.10. The number of methoxy groups -OCH3 is 1. The third-order valence-electron chi connectivity index (χ3n) is 3.76. The van der Waals surface area contributed by atoms with Crippen molar-refractivity contribution in [3.8, 4) is 5.75 Å². The summed E-state index contributed by atoms with van der Waals surface area (Å²) < 4.78 is 42.2. The van der Waals surface area contributed by atoms with E-state index in [9.17, 15) is 13.2 Å². The van der Waals surface area contributed by atoms with Crippen LogP contribution in [0.4, 0.5) is 13.2 Å². The molecule has 1 aliphatic heterocycles.